The molecule has 340 valence electrons. The van der Waals surface area contributed by atoms with Crippen molar-refractivity contribution in [3.63, 3.8) is 0 Å². The summed E-state index contributed by atoms with van der Waals surface area (Å²) in [4.78, 5) is 72.6. The van der Waals surface area contributed by atoms with Crippen LogP contribution in [0.25, 0.3) is 11.3 Å². The van der Waals surface area contributed by atoms with Gasteiger partial charge in [0.05, 0.1) is 32.0 Å². The number of nitrogens with one attached hydrogen (secondary N) is 3. The van der Waals surface area contributed by atoms with E-state index < -0.39 is 65.0 Å². The van der Waals surface area contributed by atoms with E-state index in [4.69, 9.17) is 24.7 Å². The van der Waals surface area contributed by atoms with Crippen LogP contribution in [0.2, 0.25) is 0 Å². The Morgan fingerprint density at radius 3 is 1.97 bits per heavy atom. The maximum Gasteiger partial charge on any atom is 0.407 e. The number of carbonyl (C=O) groups excluding carboxylic acids is 5. The monoisotopic (exact) mass is 861 g/mol. The fourth-order valence-corrected chi connectivity index (χ4v) is 6.88. The number of amides is 3. The quantitative estimate of drug-likeness (QED) is 0.0384. The molecule has 5 N–H and O–H groups in total. The van der Waals surface area contributed by atoms with Crippen molar-refractivity contribution in [2.75, 3.05) is 34.0 Å². The van der Waals surface area contributed by atoms with Crippen LogP contribution in [0.3, 0.4) is 0 Å². The Morgan fingerprint density at radius 1 is 0.774 bits per heavy atom. The predicted octanol–water partition coefficient (Wildman–Crippen LogP) is 6.24. The summed E-state index contributed by atoms with van der Waals surface area (Å²) in [6, 6.07) is 19.8. The van der Waals surface area contributed by atoms with Gasteiger partial charge < -0.3 is 35.3 Å². The van der Waals surface area contributed by atoms with E-state index in [1.165, 1.54) is 14.2 Å². The maximum atomic E-state index is 14.6. The van der Waals surface area contributed by atoms with Crippen molar-refractivity contribution in [2.24, 2.45) is 28.4 Å². The highest BCUT2D eigenvalue weighted by molar-refractivity contribution is 5.88. The fraction of sp³-hybridized carbons (Fsp3) is 0.532. The van der Waals surface area contributed by atoms with E-state index in [2.05, 4.69) is 21.0 Å². The summed E-state index contributed by atoms with van der Waals surface area (Å²) in [5, 5.41) is 7.03. The van der Waals surface area contributed by atoms with Crippen LogP contribution in [0.4, 0.5) is 9.59 Å². The first-order chi connectivity index (χ1) is 29.2. The number of alkyl carbamates (subject to hydrolysis) is 2. The molecule has 1 aromatic heterocycles. The molecule has 0 aliphatic carbocycles. The van der Waals surface area contributed by atoms with Gasteiger partial charge in [0.1, 0.15) is 24.8 Å². The molecular formula is C47H68N6O9. The summed E-state index contributed by atoms with van der Waals surface area (Å²) in [5.41, 5.74) is 11.3. The molecule has 1 heterocycles. The van der Waals surface area contributed by atoms with Gasteiger partial charge in [-0.25, -0.2) is 14.6 Å². The fourth-order valence-electron chi connectivity index (χ4n) is 6.88. The number of benzene rings is 2. The van der Waals surface area contributed by atoms with Crippen LogP contribution in [0.15, 0.2) is 79.0 Å². The second kappa shape index (κ2) is 24.3. The Labute approximate surface area is 367 Å². The zero-order valence-electron chi connectivity index (χ0n) is 38.1. The highest BCUT2D eigenvalue weighted by Gasteiger charge is 2.39. The molecule has 62 heavy (non-hydrogen) atoms. The van der Waals surface area contributed by atoms with Gasteiger partial charge in [-0.1, -0.05) is 116 Å². The molecule has 15 heteroatoms. The van der Waals surface area contributed by atoms with Crippen molar-refractivity contribution in [1.29, 1.82) is 0 Å². The molecule has 3 aromatic rings. The first kappa shape index (κ1) is 51.0. The number of carbonyl (C=O) groups is 5. The van der Waals surface area contributed by atoms with Crippen molar-refractivity contribution in [3.8, 4) is 11.3 Å². The van der Waals surface area contributed by atoms with Crippen LogP contribution in [0, 0.1) is 22.7 Å². The summed E-state index contributed by atoms with van der Waals surface area (Å²) in [6.07, 6.45) is -0.369. The molecule has 0 radical (unpaired) electrons. The number of ether oxygens (including phenoxy) is 4. The molecule has 0 saturated heterocycles. The largest absolute Gasteiger partial charge is 0.459 e. The van der Waals surface area contributed by atoms with Gasteiger partial charge in [-0.15, -0.1) is 0 Å². The van der Waals surface area contributed by atoms with Crippen LogP contribution in [0.5, 0.6) is 0 Å². The standard InChI is InChI=1S/C47H68N6O9/c1-31(2)26-36(48)43(56)62-39(35(27-32-16-12-11-13-17-32)28-38(54)40(46(3,4)5)50-45(58)61-25-24-59-9)30-53(52-42(55)41(47(6,7)8)51-44(57)60-10)29-33-19-21-34(22-20-33)37-18-14-15-23-49-37/h11-23,31,35-36,39-41H,24-30,48H2,1-10H3,(H,50,58)(H,51,57)(H,52,55). The number of Topliss-reactive ketones (excluding diaryl/α,β-unsaturated/α-hetero) is 1. The van der Waals surface area contributed by atoms with Gasteiger partial charge in [-0.3, -0.25) is 24.8 Å². The molecule has 5 unspecified atom stereocenters. The van der Waals surface area contributed by atoms with Gasteiger partial charge in [0, 0.05) is 37.8 Å². The van der Waals surface area contributed by atoms with E-state index in [9.17, 15) is 24.0 Å². The summed E-state index contributed by atoms with van der Waals surface area (Å²) in [6.45, 7) is 15.0. The number of nitrogens with zero attached hydrogens (tertiary/aromatic N) is 2. The lowest BCUT2D eigenvalue weighted by atomic mass is 9.79. The van der Waals surface area contributed by atoms with E-state index in [-0.39, 0.29) is 50.8 Å². The van der Waals surface area contributed by atoms with Crippen LogP contribution in [0.1, 0.15) is 79.4 Å². The summed E-state index contributed by atoms with van der Waals surface area (Å²) >= 11 is 0. The van der Waals surface area contributed by atoms with Crippen molar-refractivity contribution < 1.29 is 42.9 Å². The molecule has 0 saturated carbocycles. The minimum absolute atomic E-state index is 0.00266. The summed E-state index contributed by atoms with van der Waals surface area (Å²) < 4.78 is 21.5. The molecule has 2 aromatic carbocycles. The third kappa shape index (κ3) is 17.2. The van der Waals surface area contributed by atoms with Gasteiger partial charge >= 0.3 is 18.2 Å². The second-order valence-electron chi connectivity index (χ2n) is 18.1. The topological polar surface area (TPSA) is 201 Å². The number of aromatic nitrogens is 1. The lowest BCUT2D eigenvalue weighted by Crippen LogP contribution is -2.58. The average Bonchev–Trinajstić information content (AvgIpc) is 3.21. The number of nitrogens with two attached hydrogens (primary N) is 1. The smallest absolute Gasteiger partial charge is 0.407 e. The van der Waals surface area contributed by atoms with E-state index in [0.717, 1.165) is 22.4 Å². The van der Waals surface area contributed by atoms with E-state index in [1.807, 2.05) is 128 Å². The summed E-state index contributed by atoms with van der Waals surface area (Å²) in [5.74, 6) is -2.12. The Hall–Kier alpha value is -5.38. The van der Waals surface area contributed by atoms with Crippen LogP contribution < -0.4 is 21.8 Å². The molecule has 0 aliphatic rings. The molecule has 5 atom stereocenters. The number of hydrazine groups is 1. The minimum atomic E-state index is -1.05. The number of methoxy groups -OCH3 is 2. The lowest BCUT2D eigenvalue weighted by Gasteiger charge is -2.36. The van der Waals surface area contributed by atoms with Gasteiger partial charge in [0.15, 0.2) is 5.78 Å². The number of hydrogen-bond acceptors (Lipinski definition) is 12. The van der Waals surface area contributed by atoms with Crippen molar-refractivity contribution in [2.45, 2.75) is 105 Å². The van der Waals surface area contributed by atoms with Gasteiger partial charge in [0.25, 0.3) is 5.91 Å². The number of ketones is 1. The molecule has 0 bridgehead atoms. The SMILES string of the molecule is COCCOC(=O)NC(C(=O)CC(Cc1ccccc1)C(CN(Cc1ccc(-c2ccccn2)cc1)NC(=O)C(NC(=O)OC)C(C)(C)C)OC(=O)C(N)CC(C)C)C(C)(C)C. The Morgan fingerprint density at radius 2 is 1.40 bits per heavy atom. The Kier molecular flexibility index (Phi) is 20.0. The maximum absolute atomic E-state index is 14.6. The van der Waals surface area contributed by atoms with E-state index in [0.29, 0.717) is 6.42 Å². The van der Waals surface area contributed by atoms with Crippen molar-refractivity contribution in [1.82, 2.24) is 26.1 Å². The Bertz CT molecular complexity index is 1860. The number of esters is 1. The van der Waals surface area contributed by atoms with Crippen LogP contribution in [-0.2, 0) is 46.3 Å². The number of pyridine rings is 1. The molecule has 3 amide bonds. The predicted molar refractivity (Wildman–Crippen MR) is 237 cm³/mol. The zero-order chi connectivity index (χ0) is 46.0. The third-order valence-corrected chi connectivity index (χ3v) is 10.1. The molecule has 0 aliphatic heterocycles. The first-order valence-electron chi connectivity index (χ1n) is 21.1. The van der Waals surface area contributed by atoms with Gasteiger partial charge in [-0.05, 0) is 52.8 Å². The summed E-state index contributed by atoms with van der Waals surface area (Å²) in [7, 11) is 2.71. The molecule has 0 fully saturated rings. The van der Waals surface area contributed by atoms with Crippen molar-refractivity contribution in [3.05, 3.63) is 90.1 Å². The number of rotatable bonds is 22. The third-order valence-electron chi connectivity index (χ3n) is 10.1. The lowest BCUT2D eigenvalue weighted by molar-refractivity contribution is -0.157. The number of hydrogen-bond donors (Lipinski definition) is 4. The minimum Gasteiger partial charge on any atom is -0.459 e. The second-order valence-corrected chi connectivity index (χ2v) is 18.1. The average molecular weight is 861 g/mol. The van der Waals surface area contributed by atoms with Crippen LogP contribution in [-0.4, -0.2) is 98.0 Å². The normalized spacial score (nSPS) is 14.2. The van der Waals surface area contributed by atoms with Crippen LogP contribution >= 0.6 is 0 Å². The highest BCUT2D eigenvalue weighted by atomic mass is 16.6. The van der Waals surface area contributed by atoms with Crippen molar-refractivity contribution >= 4 is 29.8 Å². The molecule has 3 rings (SSSR count). The molecular weight excluding hydrogens is 793 g/mol. The zero-order valence-corrected chi connectivity index (χ0v) is 38.1. The van der Waals surface area contributed by atoms with Gasteiger partial charge in [-0.2, -0.15) is 0 Å². The Balaban J connectivity index is 2.16. The van der Waals surface area contributed by atoms with E-state index >= 15 is 0 Å². The highest BCUT2D eigenvalue weighted by Crippen LogP contribution is 2.28. The molecule has 0 spiro atoms. The first-order valence-corrected chi connectivity index (χ1v) is 21.1. The molecule has 15 nitrogen and oxygen atoms in total. The van der Waals surface area contributed by atoms with E-state index in [1.54, 1.807) is 11.2 Å². The van der Waals surface area contributed by atoms with Gasteiger partial charge in [0.2, 0.25) is 0 Å².